The van der Waals surface area contributed by atoms with Gasteiger partial charge in [0, 0.05) is 17.2 Å². The lowest BCUT2D eigenvalue weighted by molar-refractivity contribution is 0.489. The largest absolute Gasteiger partial charge is 0.431 e. The summed E-state index contributed by atoms with van der Waals surface area (Å²) in [6, 6.07) is 23.5. The number of hydrogen-bond acceptors (Lipinski definition) is 5. The molecule has 0 radical (unpaired) electrons. The summed E-state index contributed by atoms with van der Waals surface area (Å²) in [5, 5.41) is 1.45. The summed E-state index contributed by atoms with van der Waals surface area (Å²) in [5.41, 5.74) is 5.05. The van der Waals surface area contributed by atoms with Crippen molar-refractivity contribution < 1.29 is 8.83 Å². The standard InChI is InChI=1S/C24H17NO3S/c1-15-18-12-21-19(25-24(28-21)29-14-16-8-4-2-5-9-16)13-20(18)27-23(26)22(15)17-10-6-3-7-11-17/h2-13H,14H2,1H3. The molecule has 0 amide bonds. The van der Waals surface area contributed by atoms with Crippen LogP contribution in [0.2, 0.25) is 0 Å². The first kappa shape index (κ1) is 17.8. The molecule has 0 aliphatic rings. The van der Waals surface area contributed by atoms with Gasteiger partial charge in [0.25, 0.3) is 5.22 Å². The van der Waals surface area contributed by atoms with Crippen LogP contribution in [0.15, 0.2) is 91.6 Å². The van der Waals surface area contributed by atoms with E-state index in [1.807, 2.05) is 61.5 Å². The molecule has 0 aliphatic heterocycles. The van der Waals surface area contributed by atoms with Crippen molar-refractivity contribution in [2.24, 2.45) is 0 Å². The molecule has 5 aromatic rings. The van der Waals surface area contributed by atoms with Gasteiger partial charge in [0.15, 0.2) is 5.58 Å². The second-order valence-electron chi connectivity index (χ2n) is 6.83. The Balaban J connectivity index is 1.57. The van der Waals surface area contributed by atoms with Crippen LogP contribution < -0.4 is 5.63 Å². The minimum absolute atomic E-state index is 0.345. The topological polar surface area (TPSA) is 56.2 Å². The van der Waals surface area contributed by atoms with Crippen molar-refractivity contribution in [2.45, 2.75) is 17.9 Å². The molecule has 29 heavy (non-hydrogen) atoms. The van der Waals surface area contributed by atoms with Gasteiger partial charge < -0.3 is 8.83 Å². The number of benzene rings is 3. The SMILES string of the molecule is Cc1c(-c2ccccc2)c(=O)oc2cc3nc(SCc4ccccc4)oc3cc12. The van der Waals surface area contributed by atoms with Crippen LogP contribution in [0.4, 0.5) is 0 Å². The number of aryl methyl sites for hydroxylation is 1. The summed E-state index contributed by atoms with van der Waals surface area (Å²) in [6.45, 7) is 1.94. The number of hydrogen-bond donors (Lipinski definition) is 0. The van der Waals surface area contributed by atoms with E-state index in [0.717, 1.165) is 22.3 Å². The zero-order valence-corrected chi connectivity index (χ0v) is 16.5. The van der Waals surface area contributed by atoms with Crippen LogP contribution in [0.25, 0.3) is 33.2 Å². The third-order valence-corrected chi connectivity index (χ3v) is 5.82. The van der Waals surface area contributed by atoms with Gasteiger partial charge in [-0.2, -0.15) is 0 Å². The van der Waals surface area contributed by atoms with E-state index in [1.54, 1.807) is 17.8 Å². The molecule has 0 spiro atoms. The first-order valence-electron chi connectivity index (χ1n) is 9.29. The van der Waals surface area contributed by atoms with Crippen molar-refractivity contribution in [2.75, 3.05) is 0 Å². The fourth-order valence-corrected chi connectivity index (χ4v) is 4.26. The summed E-state index contributed by atoms with van der Waals surface area (Å²) in [5.74, 6) is 0.777. The van der Waals surface area contributed by atoms with E-state index >= 15 is 0 Å². The van der Waals surface area contributed by atoms with Gasteiger partial charge in [0.2, 0.25) is 0 Å². The number of oxazole rings is 1. The number of fused-ring (bicyclic) bond motifs is 2. The second-order valence-corrected chi connectivity index (χ2v) is 7.75. The molecule has 0 saturated heterocycles. The number of thioether (sulfide) groups is 1. The van der Waals surface area contributed by atoms with Crippen LogP contribution >= 0.6 is 11.8 Å². The number of aromatic nitrogens is 1. The van der Waals surface area contributed by atoms with Crippen molar-refractivity contribution in [1.82, 2.24) is 4.98 Å². The average molecular weight is 399 g/mol. The predicted molar refractivity (Wildman–Crippen MR) is 116 cm³/mol. The normalized spacial score (nSPS) is 11.3. The molecule has 142 valence electrons. The van der Waals surface area contributed by atoms with E-state index < -0.39 is 0 Å². The number of nitrogens with zero attached hydrogens (tertiary/aromatic N) is 1. The van der Waals surface area contributed by atoms with Gasteiger partial charge >= 0.3 is 5.63 Å². The summed E-state index contributed by atoms with van der Waals surface area (Å²) >= 11 is 1.54. The maximum absolute atomic E-state index is 12.6. The van der Waals surface area contributed by atoms with Crippen molar-refractivity contribution in [3.05, 3.63) is 94.3 Å². The highest BCUT2D eigenvalue weighted by molar-refractivity contribution is 7.98. The summed E-state index contributed by atoms with van der Waals surface area (Å²) in [4.78, 5) is 17.2. The van der Waals surface area contributed by atoms with Crippen molar-refractivity contribution in [3.63, 3.8) is 0 Å². The minimum Gasteiger partial charge on any atom is -0.431 e. The fourth-order valence-electron chi connectivity index (χ4n) is 3.47. The Morgan fingerprint density at radius 3 is 2.38 bits per heavy atom. The highest BCUT2D eigenvalue weighted by atomic mass is 32.2. The molecule has 0 bridgehead atoms. The molecule has 5 rings (SSSR count). The smallest absolute Gasteiger partial charge is 0.344 e. The first-order valence-corrected chi connectivity index (χ1v) is 10.3. The molecular weight excluding hydrogens is 382 g/mol. The quantitative estimate of drug-likeness (QED) is 0.266. The van der Waals surface area contributed by atoms with Gasteiger partial charge in [-0.15, -0.1) is 0 Å². The summed E-state index contributed by atoms with van der Waals surface area (Å²) in [6.07, 6.45) is 0. The van der Waals surface area contributed by atoms with Crippen molar-refractivity contribution in [1.29, 1.82) is 0 Å². The Bertz CT molecular complexity index is 1370. The predicted octanol–water partition coefficient (Wildman–Crippen LogP) is 6.20. The Morgan fingerprint density at radius 2 is 1.62 bits per heavy atom. The molecule has 0 N–H and O–H groups in total. The molecule has 2 aromatic heterocycles. The summed E-state index contributed by atoms with van der Waals surface area (Å²) in [7, 11) is 0. The van der Waals surface area contributed by atoms with Crippen LogP contribution in [0.3, 0.4) is 0 Å². The first-order chi connectivity index (χ1) is 14.2. The average Bonchev–Trinajstić information content (AvgIpc) is 3.14. The highest BCUT2D eigenvalue weighted by Crippen LogP contribution is 2.32. The Kier molecular flexibility index (Phi) is 4.45. The third-order valence-electron chi connectivity index (χ3n) is 4.92. The second kappa shape index (κ2) is 7.26. The van der Waals surface area contributed by atoms with E-state index in [4.69, 9.17) is 8.83 Å². The minimum atomic E-state index is -0.345. The van der Waals surface area contributed by atoms with Crippen molar-refractivity contribution in [3.8, 4) is 11.1 Å². The fraction of sp³-hybridized carbons (Fsp3) is 0.0833. The van der Waals surface area contributed by atoms with E-state index in [-0.39, 0.29) is 5.63 Å². The van der Waals surface area contributed by atoms with Gasteiger partial charge in [-0.3, -0.25) is 0 Å². The number of rotatable bonds is 4. The van der Waals surface area contributed by atoms with E-state index in [9.17, 15) is 4.79 Å². The molecule has 3 aromatic carbocycles. The van der Waals surface area contributed by atoms with E-state index in [2.05, 4.69) is 17.1 Å². The lowest BCUT2D eigenvalue weighted by Gasteiger charge is -2.07. The maximum Gasteiger partial charge on any atom is 0.344 e. The molecular formula is C24H17NO3S. The van der Waals surface area contributed by atoms with Gasteiger partial charge in [-0.1, -0.05) is 72.4 Å². The monoisotopic (exact) mass is 399 g/mol. The zero-order chi connectivity index (χ0) is 19.8. The van der Waals surface area contributed by atoms with Crippen LogP contribution in [-0.4, -0.2) is 4.98 Å². The molecule has 0 saturated carbocycles. The Labute approximate surface area is 171 Å². The van der Waals surface area contributed by atoms with Gasteiger partial charge in [-0.25, -0.2) is 9.78 Å². The lowest BCUT2D eigenvalue weighted by atomic mass is 9.99. The van der Waals surface area contributed by atoms with E-state index in [0.29, 0.717) is 27.5 Å². The molecule has 0 fully saturated rings. The summed E-state index contributed by atoms with van der Waals surface area (Å²) < 4.78 is 11.6. The molecule has 0 unspecified atom stereocenters. The zero-order valence-electron chi connectivity index (χ0n) is 15.7. The van der Waals surface area contributed by atoms with Gasteiger partial charge in [0.1, 0.15) is 11.1 Å². The van der Waals surface area contributed by atoms with Gasteiger partial charge in [0.05, 0.1) is 5.56 Å². The lowest BCUT2D eigenvalue weighted by Crippen LogP contribution is -2.05. The third kappa shape index (κ3) is 3.34. The van der Waals surface area contributed by atoms with Crippen LogP contribution in [0, 0.1) is 6.92 Å². The van der Waals surface area contributed by atoms with Crippen LogP contribution in [0.5, 0.6) is 0 Å². The highest BCUT2D eigenvalue weighted by Gasteiger charge is 2.16. The molecule has 4 nitrogen and oxygen atoms in total. The van der Waals surface area contributed by atoms with Crippen LogP contribution in [-0.2, 0) is 5.75 Å². The molecule has 5 heteroatoms. The Hall–Kier alpha value is -3.31. The van der Waals surface area contributed by atoms with E-state index in [1.165, 1.54) is 5.56 Å². The molecule has 0 atom stereocenters. The van der Waals surface area contributed by atoms with Gasteiger partial charge in [-0.05, 0) is 29.7 Å². The van der Waals surface area contributed by atoms with Crippen molar-refractivity contribution >= 4 is 33.8 Å². The molecule has 2 heterocycles. The van der Waals surface area contributed by atoms with Crippen LogP contribution in [0.1, 0.15) is 11.1 Å². The Morgan fingerprint density at radius 1 is 0.897 bits per heavy atom. The molecule has 0 aliphatic carbocycles. The maximum atomic E-state index is 12.6.